The van der Waals surface area contributed by atoms with E-state index in [4.69, 9.17) is 0 Å². The molecule has 2 unspecified atom stereocenters. The van der Waals surface area contributed by atoms with Gasteiger partial charge in [0, 0.05) is 30.9 Å². The van der Waals surface area contributed by atoms with Crippen LogP contribution in [0.4, 0.5) is 0 Å². The Morgan fingerprint density at radius 2 is 2.18 bits per heavy atom. The van der Waals surface area contributed by atoms with Crippen LogP contribution in [-0.2, 0) is 13.6 Å². The van der Waals surface area contributed by atoms with Gasteiger partial charge in [0.05, 0.1) is 6.20 Å². The second-order valence-electron chi connectivity index (χ2n) is 6.42. The number of hydrogen-bond donors (Lipinski definition) is 1. The predicted molar refractivity (Wildman–Crippen MR) is 70.8 cm³/mol. The quantitative estimate of drug-likeness (QED) is 0.873. The smallest absolute Gasteiger partial charge is 0.0537 e. The zero-order valence-corrected chi connectivity index (χ0v) is 11.7. The summed E-state index contributed by atoms with van der Waals surface area (Å²) in [5.41, 5.74) is 3.09. The summed E-state index contributed by atoms with van der Waals surface area (Å²) in [6.45, 7) is 10.2. The van der Waals surface area contributed by atoms with Crippen molar-refractivity contribution < 1.29 is 0 Å². The first kappa shape index (κ1) is 12.6. The van der Waals surface area contributed by atoms with Crippen LogP contribution in [-0.4, -0.2) is 15.8 Å². The van der Waals surface area contributed by atoms with Crippen molar-refractivity contribution in [3.63, 3.8) is 0 Å². The van der Waals surface area contributed by atoms with Crippen LogP contribution in [0.1, 0.15) is 44.9 Å². The van der Waals surface area contributed by atoms with Gasteiger partial charge in [-0.1, -0.05) is 20.8 Å². The molecule has 3 heteroatoms. The number of hydrogen-bond acceptors (Lipinski definition) is 2. The third-order valence-electron chi connectivity index (χ3n) is 4.23. The predicted octanol–water partition coefficient (Wildman–Crippen LogP) is 2.64. The van der Waals surface area contributed by atoms with Crippen molar-refractivity contribution in [1.29, 1.82) is 0 Å². The van der Waals surface area contributed by atoms with Gasteiger partial charge in [0.2, 0.25) is 0 Å². The molecule has 1 fully saturated rings. The zero-order chi connectivity index (χ0) is 12.6. The van der Waals surface area contributed by atoms with E-state index in [1.807, 2.05) is 17.9 Å². The first-order chi connectivity index (χ1) is 7.89. The standard InChI is InChI=1S/C14H25N3/c1-10-6-14(3,4)7-13(10)15-8-12-9-16-17(5)11(12)2/h9-10,13,15H,6-8H2,1-5H3. The van der Waals surface area contributed by atoms with Gasteiger partial charge >= 0.3 is 0 Å². The maximum absolute atomic E-state index is 4.29. The van der Waals surface area contributed by atoms with E-state index >= 15 is 0 Å². The second kappa shape index (κ2) is 4.45. The summed E-state index contributed by atoms with van der Waals surface area (Å²) in [4.78, 5) is 0. The van der Waals surface area contributed by atoms with Gasteiger partial charge in [-0.05, 0) is 31.1 Å². The van der Waals surface area contributed by atoms with Crippen LogP contribution < -0.4 is 5.32 Å². The van der Waals surface area contributed by atoms with E-state index < -0.39 is 0 Å². The number of nitrogens with one attached hydrogen (secondary N) is 1. The van der Waals surface area contributed by atoms with E-state index in [1.165, 1.54) is 24.1 Å². The van der Waals surface area contributed by atoms with Crippen LogP contribution in [0.5, 0.6) is 0 Å². The van der Waals surface area contributed by atoms with Gasteiger partial charge in [-0.3, -0.25) is 4.68 Å². The Morgan fingerprint density at radius 3 is 2.65 bits per heavy atom. The van der Waals surface area contributed by atoms with Crippen molar-refractivity contribution in [1.82, 2.24) is 15.1 Å². The van der Waals surface area contributed by atoms with E-state index in [0.717, 1.165) is 12.5 Å². The van der Waals surface area contributed by atoms with Crippen LogP contribution in [0.2, 0.25) is 0 Å². The molecule has 0 aliphatic heterocycles. The Morgan fingerprint density at radius 1 is 1.47 bits per heavy atom. The summed E-state index contributed by atoms with van der Waals surface area (Å²) in [6, 6.07) is 0.657. The summed E-state index contributed by atoms with van der Waals surface area (Å²) >= 11 is 0. The van der Waals surface area contributed by atoms with Gasteiger partial charge in [-0.25, -0.2) is 0 Å². The molecule has 0 spiro atoms. The Bertz CT molecular complexity index is 392. The SMILES string of the molecule is Cc1c(CNC2CC(C)(C)CC2C)cnn1C. The zero-order valence-electron chi connectivity index (χ0n) is 11.7. The first-order valence-corrected chi connectivity index (χ1v) is 6.60. The summed E-state index contributed by atoms with van der Waals surface area (Å²) in [7, 11) is 2.00. The van der Waals surface area contributed by atoms with E-state index in [1.54, 1.807) is 0 Å². The average molecular weight is 235 g/mol. The molecule has 0 amide bonds. The normalized spacial score (nSPS) is 27.6. The number of nitrogens with zero attached hydrogens (tertiary/aromatic N) is 2. The fourth-order valence-corrected chi connectivity index (χ4v) is 3.13. The molecule has 0 bridgehead atoms. The van der Waals surface area contributed by atoms with Gasteiger partial charge in [0.15, 0.2) is 0 Å². The molecule has 3 nitrogen and oxygen atoms in total. The first-order valence-electron chi connectivity index (χ1n) is 6.60. The Hall–Kier alpha value is -0.830. The Balaban J connectivity index is 1.93. The highest BCUT2D eigenvalue weighted by atomic mass is 15.3. The fourth-order valence-electron chi connectivity index (χ4n) is 3.13. The number of aryl methyl sites for hydroxylation is 1. The van der Waals surface area contributed by atoms with Crippen molar-refractivity contribution >= 4 is 0 Å². The minimum absolute atomic E-state index is 0.501. The molecular weight excluding hydrogens is 210 g/mol. The van der Waals surface area contributed by atoms with Crippen molar-refractivity contribution in [2.24, 2.45) is 18.4 Å². The molecular formula is C14H25N3. The molecule has 96 valence electrons. The third kappa shape index (κ3) is 2.71. The Kier molecular flexibility index (Phi) is 3.30. The molecule has 1 aliphatic rings. The third-order valence-corrected chi connectivity index (χ3v) is 4.23. The van der Waals surface area contributed by atoms with Crippen LogP contribution in [0.25, 0.3) is 0 Å². The lowest BCUT2D eigenvalue weighted by Crippen LogP contribution is -2.31. The van der Waals surface area contributed by atoms with Crippen LogP contribution >= 0.6 is 0 Å². The van der Waals surface area contributed by atoms with E-state index in [-0.39, 0.29) is 0 Å². The van der Waals surface area contributed by atoms with E-state index in [9.17, 15) is 0 Å². The summed E-state index contributed by atoms with van der Waals surface area (Å²) in [5.74, 6) is 0.780. The van der Waals surface area contributed by atoms with Crippen LogP contribution in [0, 0.1) is 18.3 Å². The number of rotatable bonds is 3. The van der Waals surface area contributed by atoms with Crippen molar-refractivity contribution in [3.8, 4) is 0 Å². The van der Waals surface area contributed by atoms with Gasteiger partial charge in [-0.15, -0.1) is 0 Å². The number of aromatic nitrogens is 2. The molecule has 0 radical (unpaired) electrons. The molecule has 17 heavy (non-hydrogen) atoms. The monoisotopic (exact) mass is 235 g/mol. The van der Waals surface area contributed by atoms with Gasteiger partial charge in [-0.2, -0.15) is 5.10 Å². The molecule has 2 atom stereocenters. The Labute approximate surface area is 105 Å². The molecule has 2 rings (SSSR count). The van der Waals surface area contributed by atoms with Crippen molar-refractivity contribution in [2.45, 2.75) is 53.1 Å². The van der Waals surface area contributed by atoms with Gasteiger partial charge < -0.3 is 5.32 Å². The maximum atomic E-state index is 4.29. The average Bonchev–Trinajstić information content (AvgIpc) is 2.67. The van der Waals surface area contributed by atoms with Crippen LogP contribution in [0.15, 0.2) is 6.20 Å². The molecule has 0 aromatic carbocycles. The lowest BCUT2D eigenvalue weighted by atomic mass is 9.91. The van der Waals surface area contributed by atoms with Gasteiger partial charge in [0.1, 0.15) is 0 Å². The molecule has 1 N–H and O–H groups in total. The van der Waals surface area contributed by atoms with E-state index in [0.29, 0.717) is 11.5 Å². The highest BCUT2D eigenvalue weighted by Gasteiger charge is 2.36. The largest absolute Gasteiger partial charge is 0.310 e. The molecule has 1 aromatic heterocycles. The highest BCUT2D eigenvalue weighted by Crippen LogP contribution is 2.40. The molecule has 1 saturated carbocycles. The second-order valence-corrected chi connectivity index (χ2v) is 6.42. The topological polar surface area (TPSA) is 29.9 Å². The summed E-state index contributed by atoms with van der Waals surface area (Å²) in [5, 5.41) is 7.99. The van der Waals surface area contributed by atoms with Crippen LogP contribution in [0.3, 0.4) is 0 Å². The minimum atomic E-state index is 0.501. The lowest BCUT2D eigenvalue weighted by Gasteiger charge is -2.18. The molecule has 1 heterocycles. The summed E-state index contributed by atoms with van der Waals surface area (Å²) in [6.07, 6.45) is 4.59. The van der Waals surface area contributed by atoms with Crippen molar-refractivity contribution in [3.05, 3.63) is 17.5 Å². The lowest BCUT2D eigenvalue weighted by molar-refractivity contribution is 0.362. The molecule has 0 saturated heterocycles. The minimum Gasteiger partial charge on any atom is -0.310 e. The molecule has 1 aromatic rings. The molecule has 1 aliphatic carbocycles. The fraction of sp³-hybridized carbons (Fsp3) is 0.786. The van der Waals surface area contributed by atoms with E-state index in [2.05, 4.69) is 38.1 Å². The maximum Gasteiger partial charge on any atom is 0.0537 e. The van der Waals surface area contributed by atoms with Crippen molar-refractivity contribution in [2.75, 3.05) is 0 Å². The highest BCUT2D eigenvalue weighted by molar-refractivity contribution is 5.15. The van der Waals surface area contributed by atoms with Gasteiger partial charge in [0.25, 0.3) is 0 Å². The summed E-state index contributed by atoms with van der Waals surface area (Å²) < 4.78 is 1.94.